The molecule has 0 spiro atoms. The van der Waals surface area contributed by atoms with Gasteiger partial charge in [0.1, 0.15) is 6.04 Å². The van der Waals surface area contributed by atoms with Crippen LogP contribution in [-0.4, -0.2) is 34.3 Å². The second-order valence-electron chi connectivity index (χ2n) is 6.33. The van der Waals surface area contributed by atoms with E-state index in [2.05, 4.69) is 9.46 Å². The number of methoxy groups -OCH3 is 1. The first-order valence-corrected chi connectivity index (χ1v) is 7.93. The Hall–Kier alpha value is -0.630. The lowest BCUT2D eigenvalue weighted by molar-refractivity contribution is -0.193. The normalized spacial score (nSPS) is 21.9. The van der Waals surface area contributed by atoms with Gasteiger partial charge in [-0.3, -0.25) is 4.79 Å². The van der Waals surface area contributed by atoms with Gasteiger partial charge >= 0.3 is 12.1 Å². The number of hydrogen-bond acceptors (Lipinski definition) is 3. The number of esters is 1. The molecule has 1 fully saturated rings. The molecule has 0 bridgehead atoms. The Morgan fingerprint density at radius 1 is 1.24 bits per heavy atom. The van der Waals surface area contributed by atoms with Crippen molar-refractivity contribution in [2.45, 2.75) is 63.4 Å². The van der Waals surface area contributed by atoms with Gasteiger partial charge in [0, 0.05) is 0 Å². The molecule has 1 unspecified atom stereocenters. The smallest absolute Gasteiger partial charge is 0.405 e. The molecule has 0 amide bonds. The molecule has 1 N–H and O–H groups in total. The predicted molar refractivity (Wildman–Crippen MR) is 73.8 cm³/mol. The van der Waals surface area contributed by atoms with Crippen LogP contribution in [0.15, 0.2) is 0 Å². The van der Waals surface area contributed by atoms with Crippen molar-refractivity contribution in [3.8, 4) is 0 Å². The number of ether oxygens (including phenoxy) is 1. The first-order chi connectivity index (χ1) is 9.45. The lowest BCUT2D eigenvalue weighted by atomic mass is 9.78. The number of halogens is 3. The number of nitrogens with one attached hydrogen (secondary N) is 1. The molecule has 0 saturated heterocycles. The summed E-state index contributed by atoms with van der Waals surface area (Å²) in [5.74, 6) is -0.888. The Labute approximate surface area is 125 Å². The van der Waals surface area contributed by atoms with Crippen LogP contribution in [0.1, 0.15) is 46.5 Å². The predicted octanol–water partition coefficient (Wildman–Crippen LogP) is 2.70. The van der Waals surface area contributed by atoms with Crippen molar-refractivity contribution in [3.05, 3.63) is 0 Å². The van der Waals surface area contributed by atoms with E-state index in [1.54, 1.807) is 20.8 Å². The molecule has 0 aliphatic heterocycles. The van der Waals surface area contributed by atoms with Crippen LogP contribution in [0.2, 0.25) is 0 Å². The van der Waals surface area contributed by atoms with Crippen LogP contribution in [0.5, 0.6) is 0 Å². The molecule has 0 heterocycles. The van der Waals surface area contributed by atoms with Gasteiger partial charge in [0.2, 0.25) is 0 Å². The quantitative estimate of drug-likeness (QED) is 0.807. The zero-order valence-electron chi connectivity index (χ0n) is 12.7. The molecule has 1 saturated carbocycles. The van der Waals surface area contributed by atoms with Crippen LogP contribution >= 0.6 is 0 Å². The number of carbonyl (C=O) groups is 1. The van der Waals surface area contributed by atoms with Gasteiger partial charge in [0.15, 0.2) is 0 Å². The number of hydrogen-bond donors (Lipinski definition) is 1. The fourth-order valence-electron chi connectivity index (χ4n) is 2.60. The van der Waals surface area contributed by atoms with E-state index in [4.69, 9.17) is 0 Å². The molecule has 1 aliphatic carbocycles. The van der Waals surface area contributed by atoms with Crippen molar-refractivity contribution >= 4 is 17.0 Å². The minimum absolute atomic E-state index is 0.0815. The maximum Gasteiger partial charge on any atom is 0.405 e. The molecule has 0 aromatic heterocycles. The van der Waals surface area contributed by atoms with E-state index in [0.29, 0.717) is 12.8 Å². The van der Waals surface area contributed by atoms with Gasteiger partial charge < -0.3 is 4.74 Å². The number of rotatable bonds is 4. The third-order valence-electron chi connectivity index (χ3n) is 3.75. The van der Waals surface area contributed by atoms with E-state index in [0.717, 1.165) is 7.11 Å². The van der Waals surface area contributed by atoms with Crippen LogP contribution < -0.4 is 4.72 Å². The fraction of sp³-hybridized carbons (Fsp3) is 0.923. The van der Waals surface area contributed by atoms with E-state index in [1.807, 2.05) is 0 Å². The SMILES string of the molecule is COC(=O)C1([C@H](NS(=O)C(C)(C)C)C(F)(F)F)CCCC1. The summed E-state index contributed by atoms with van der Waals surface area (Å²) in [6.07, 6.45) is -3.48. The molecule has 0 aromatic rings. The number of alkyl halides is 3. The van der Waals surface area contributed by atoms with Crippen molar-refractivity contribution in [2.24, 2.45) is 5.41 Å². The molecular formula is C13H22F3NO3S. The second kappa shape index (κ2) is 6.24. The Balaban J connectivity index is 3.18. The first kappa shape index (κ1) is 18.4. The monoisotopic (exact) mass is 329 g/mol. The molecule has 1 rings (SSSR count). The molecule has 124 valence electrons. The Bertz CT molecular complexity index is 412. The minimum Gasteiger partial charge on any atom is -0.469 e. The maximum atomic E-state index is 13.5. The van der Waals surface area contributed by atoms with E-state index >= 15 is 0 Å². The van der Waals surface area contributed by atoms with Gasteiger partial charge in [-0.2, -0.15) is 13.2 Å². The summed E-state index contributed by atoms with van der Waals surface area (Å²) in [5.41, 5.74) is -1.69. The molecule has 4 nitrogen and oxygen atoms in total. The van der Waals surface area contributed by atoms with Gasteiger partial charge in [-0.15, -0.1) is 0 Å². The van der Waals surface area contributed by atoms with Crippen LogP contribution in [0.25, 0.3) is 0 Å². The van der Waals surface area contributed by atoms with Gasteiger partial charge in [-0.25, -0.2) is 8.93 Å². The summed E-state index contributed by atoms with van der Waals surface area (Å²) in [6, 6.07) is -2.17. The van der Waals surface area contributed by atoms with Crippen molar-refractivity contribution in [3.63, 3.8) is 0 Å². The highest BCUT2D eigenvalue weighted by Gasteiger charge is 2.60. The summed E-state index contributed by atoms with van der Waals surface area (Å²) in [6.45, 7) is 4.72. The molecule has 2 atom stereocenters. The zero-order chi connectivity index (χ0) is 16.5. The average molecular weight is 329 g/mol. The molecular weight excluding hydrogens is 307 g/mol. The number of carbonyl (C=O) groups excluding carboxylic acids is 1. The first-order valence-electron chi connectivity index (χ1n) is 6.78. The van der Waals surface area contributed by atoms with E-state index in [9.17, 15) is 22.2 Å². The van der Waals surface area contributed by atoms with Crippen molar-refractivity contribution in [1.29, 1.82) is 0 Å². The summed E-state index contributed by atoms with van der Waals surface area (Å²) in [5, 5.41) is 0. The zero-order valence-corrected chi connectivity index (χ0v) is 13.5. The van der Waals surface area contributed by atoms with E-state index in [-0.39, 0.29) is 12.8 Å². The highest BCUT2D eigenvalue weighted by molar-refractivity contribution is 7.84. The lowest BCUT2D eigenvalue weighted by Crippen LogP contribution is -2.59. The summed E-state index contributed by atoms with van der Waals surface area (Å²) < 4.78 is 58.3. The molecule has 0 aromatic carbocycles. The summed E-state index contributed by atoms with van der Waals surface area (Å²) in [4.78, 5) is 12.0. The largest absolute Gasteiger partial charge is 0.469 e. The third-order valence-corrected chi connectivity index (χ3v) is 5.31. The van der Waals surface area contributed by atoms with Crippen molar-refractivity contribution < 1.29 is 26.9 Å². The minimum atomic E-state index is -4.68. The van der Waals surface area contributed by atoms with Gasteiger partial charge in [0.25, 0.3) is 0 Å². The molecule has 21 heavy (non-hydrogen) atoms. The summed E-state index contributed by atoms with van der Waals surface area (Å²) in [7, 11) is -0.852. The Morgan fingerprint density at radius 3 is 2.05 bits per heavy atom. The van der Waals surface area contributed by atoms with Gasteiger partial charge in [-0.05, 0) is 33.6 Å². The Morgan fingerprint density at radius 2 is 1.71 bits per heavy atom. The van der Waals surface area contributed by atoms with Gasteiger partial charge in [-0.1, -0.05) is 12.8 Å². The van der Waals surface area contributed by atoms with Gasteiger partial charge in [0.05, 0.1) is 28.3 Å². The average Bonchev–Trinajstić information content (AvgIpc) is 2.82. The second-order valence-corrected chi connectivity index (χ2v) is 8.33. The van der Waals surface area contributed by atoms with Crippen molar-refractivity contribution in [1.82, 2.24) is 4.72 Å². The fourth-order valence-corrected chi connectivity index (χ4v) is 3.52. The van der Waals surface area contributed by atoms with Crippen LogP contribution in [0, 0.1) is 5.41 Å². The van der Waals surface area contributed by atoms with Crippen LogP contribution in [0.4, 0.5) is 13.2 Å². The summed E-state index contributed by atoms with van der Waals surface area (Å²) >= 11 is 0. The maximum absolute atomic E-state index is 13.5. The Kier molecular flexibility index (Phi) is 5.47. The van der Waals surface area contributed by atoms with E-state index in [1.165, 1.54) is 0 Å². The van der Waals surface area contributed by atoms with E-state index < -0.39 is 39.3 Å². The van der Waals surface area contributed by atoms with Crippen LogP contribution in [-0.2, 0) is 20.5 Å². The third kappa shape index (κ3) is 3.97. The molecule has 8 heteroatoms. The molecule has 0 radical (unpaired) electrons. The highest BCUT2D eigenvalue weighted by Crippen LogP contribution is 2.47. The molecule has 1 aliphatic rings. The van der Waals surface area contributed by atoms with Crippen molar-refractivity contribution in [2.75, 3.05) is 7.11 Å². The standard InChI is InChI=1S/C13H22F3NO3S/c1-11(2,3)21(19)17-9(13(14,15)16)12(10(18)20-4)7-5-6-8-12/h9,17H,5-8H2,1-4H3/t9-,21?/m0/s1. The highest BCUT2D eigenvalue weighted by atomic mass is 32.2. The lowest BCUT2D eigenvalue weighted by Gasteiger charge is -2.37. The van der Waals surface area contributed by atoms with Crippen LogP contribution in [0.3, 0.4) is 0 Å². The topological polar surface area (TPSA) is 55.4 Å².